The Morgan fingerprint density at radius 2 is 1.93 bits per heavy atom. The smallest absolute Gasteiger partial charge is 0.417 e. The van der Waals surface area contributed by atoms with Gasteiger partial charge in [-0.2, -0.15) is 0 Å². The van der Waals surface area contributed by atoms with Crippen LogP contribution in [0.3, 0.4) is 0 Å². The molecule has 4 nitrogen and oxygen atoms in total. The van der Waals surface area contributed by atoms with Crippen molar-refractivity contribution in [3.63, 3.8) is 0 Å². The van der Waals surface area contributed by atoms with Gasteiger partial charge in [0.15, 0.2) is 5.76 Å². The Morgan fingerprint density at radius 1 is 1.29 bits per heavy atom. The van der Waals surface area contributed by atoms with Crippen molar-refractivity contribution in [3.8, 4) is 17.1 Å². The number of aromatic nitrogens is 1. The topological polar surface area (TPSA) is 66.2 Å². The van der Waals surface area contributed by atoms with Crippen LogP contribution in [0, 0.1) is 6.92 Å². The maximum Gasteiger partial charge on any atom is 0.417 e. The monoisotopic (exact) mass is 191 g/mol. The van der Waals surface area contributed by atoms with Gasteiger partial charge in [-0.3, -0.25) is 4.98 Å². The van der Waals surface area contributed by atoms with E-state index in [1.54, 1.807) is 31.2 Å². The summed E-state index contributed by atoms with van der Waals surface area (Å²) in [5.74, 6) is 0.227. The minimum absolute atomic E-state index is 0.185. The summed E-state index contributed by atoms with van der Waals surface area (Å²) in [6, 6.07) is 6.46. The van der Waals surface area contributed by atoms with E-state index in [2.05, 4.69) is 4.98 Å². The SMILES string of the molecule is Cc1[nH]c(=O)oc1-c1ccc(O)cc1. The van der Waals surface area contributed by atoms with Gasteiger partial charge in [-0.05, 0) is 31.2 Å². The third kappa shape index (κ3) is 1.42. The van der Waals surface area contributed by atoms with Crippen molar-refractivity contribution >= 4 is 0 Å². The number of aromatic amines is 1. The molecular weight excluding hydrogens is 182 g/mol. The van der Waals surface area contributed by atoms with Crippen molar-refractivity contribution in [3.05, 3.63) is 40.5 Å². The van der Waals surface area contributed by atoms with E-state index in [0.29, 0.717) is 11.5 Å². The lowest BCUT2D eigenvalue weighted by Crippen LogP contribution is -1.94. The third-order valence-electron chi connectivity index (χ3n) is 1.95. The molecule has 1 aromatic heterocycles. The third-order valence-corrected chi connectivity index (χ3v) is 1.95. The van der Waals surface area contributed by atoms with Crippen molar-refractivity contribution in [1.82, 2.24) is 4.98 Å². The Kier molecular flexibility index (Phi) is 1.89. The molecule has 14 heavy (non-hydrogen) atoms. The van der Waals surface area contributed by atoms with Crippen LogP contribution in [0.15, 0.2) is 33.5 Å². The maximum atomic E-state index is 10.9. The van der Waals surface area contributed by atoms with Gasteiger partial charge in [-0.1, -0.05) is 0 Å². The first-order valence-corrected chi connectivity index (χ1v) is 4.16. The number of nitrogens with one attached hydrogen (secondary N) is 1. The van der Waals surface area contributed by atoms with Gasteiger partial charge >= 0.3 is 5.76 Å². The average Bonchev–Trinajstić information content (AvgIpc) is 2.47. The number of aryl methyl sites for hydroxylation is 1. The number of H-pyrrole nitrogens is 1. The summed E-state index contributed by atoms with van der Waals surface area (Å²) in [7, 11) is 0. The average molecular weight is 191 g/mol. The van der Waals surface area contributed by atoms with Gasteiger partial charge in [-0.25, -0.2) is 4.79 Å². The number of aromatic hydroxyl groups is 1. The fraction of sp³-hybridized carbons (Fsp3) is 0.100. The van der Waals surface area contributed by atoms with E-state index >= 15 is 0 Å². The largest absolute Gasteiger partial charge is 0.508 e. The molecule has 0 bridgehead atoms. The zero-order valence-corrected chi connectivity index (χ0v) is 7.57. The second-order valence-electron chi connectivity index (χ2n) is 3.02. The summed E-state index contributed by atoms with van der Waals surface area (Å²) in [6.45, 7) is 1.76. The van der Waals surface area contributed by atoms with E-state index in [0.717, 1.165) is 5.56 Å². The predicted molar refractivity (Wildman–Crippen MR) is 51.2 cm³/mol. The highest BCUT2D eigenvalue weighted by Gasteiger charge is 2.07. The maximum absolute atomic E-state index is 10.9. The molecule has 0 atom stereocenters. The summed E-state index contributed by atoms with van der Waals surface area (Å²) in [5.41, 5.74) is 1.44. The van der Waals surface area contributed by atoms with Crippen molar-refractivity contribution in [2.24, 2.45) is 0 Å². The number of phenols is 1. The first-order chi connectivity index (χ1) is 6.66. The minimum Gasteiger partial charge on any atom is -0.508 e. The number of hydrogen-bond donors (Lipinski definition) is 2. The number of oxazole rings is 1. The Morgan fingerprint density at radius 3 is 2.43 bits per heavy atom. The number of hydrogen-bond acceptors (Lipinski definition) is 3. The van der Waals surface area contributed by atoms with Crippen LogP contribution in [-0.2, 0) is 0 Å². The van der Waals surface area contributed by atoms with Crippen LogP contribution in [0.5, 0.6) is 5.75 Å². The fourth-order valence-electron chi connectivity index (χ4n) is 1.29. The van der Waals surface area contributed by atoms with E-state index in [-0.39, 0.29) is 5.75 Å². The molecule has 0 saturated heterocycles. The molecule has 0 radical (unpaired) electrons. The van der Waals surface area contributed by atoms with Gasteiger partial charge in [0, 0.05) is 5.56 Å². The molecule has 2 rings (SSSR count). The van der Waals surface area contributed by atoms with Gasteiger partial charge in [0.2, 0.25) is 0 Å². The number of benzene rings is 1. The molecule has 0 fully saturated rings. The van der Waals surface area contributed by atoms with Crippen molar-refractivity contribution in [2.45, 2.75) is 6.92 Å². The van der Waals surface area contributed by atoms with Gasteiger partial charge in [-0.15, -0.1) is 0 Å². The Hall–Kier alpha value is -1.97. The van der Waals surface area contributed by atoms with E-state index in [1.807, 2.05) is 0 Å². The zero-order valence-electron chi connectivity index (χ0n) is 7.57. The molecule has 2 N–H and O–H groups in total. The van der Waals surface area contributed by atoms with Crippen LogP contribution in [0.25, 0.3) is 11.3 Å². The standard InChI is InChI=1S/C10H9NO3/c1-6-9(14-10(13)11-6)7-2-4-8(12)5-3-7/h2-5,12H,1H3,(H,11,13). The van der Waals surface area contributed by atoms with Crippen LogP contribution in [0.4, 0.5) is 0 Å². The lowest BCUT2D eigenvalue weighted by atomic mass is 10.1. The summed E-state index contributed by atoms with van der Waals surface area (Å²) in [6.07, 6.45) is 0. The van der Waals surface area contributed by atoms with E-state index in [1.165, 1.54) is 0 Å². The molecule has 0 aliphatic heterocycles. The highest BCUT2D eigenvalue weighted by atomic mass is 16.4. The molecule has 4 heteroatoms. The van der Waals surface area contributed by atoms with Crippen molar-refractivity contribution in [2.75, 3.05) is 0 Å². The molecule has 0 spiro atoms. The normalized spacial score (nSPS) is 10.4. The van der Waals surface area contributed by atoms with Crippen LogP contribution >= 0.6 is 0 Å². The fourth-order valence-corrected chi connectivity index (χ4v) is 1.29. The highest BCUT2D eigenvalue weighted by Crippen LogP contribution is 2.22. The van der Waals surface area contributed by atoms with Gasteiger partial charge in [0.05, 0.1) is 5.69 Å². The van der Waals surface area contributed by atoms with Crippen LogP contribution in [-0.4, -0.2) is 10.1 Å². The summed E-state index contributed by atoms with van der Waals surface area (Å²) < 4.78 is 4.95. The second kappa shape index (κ2) is 3.06. The Bertz CT molecular complexity index is 493. The molecule has 0 amide bonds. The molecule has 0 unspecified atom stereocenters. The Balaban J connectivity index is 2.54. The second-order valence-corrected chi connectivity index (χ2v) is 3.02. The first kappa shape index (κ1) is 8.62. The van der Waals surface area contributed by atoms with Crippen molar-refractivity contribution in [1.29, 1.82) is 0 Å². The molecule has 0 aliphatic rings. The number of rotatable bonds is 1. The molecular formula is C10H9NO3. The lowest BCUT2D eigenvalue weighted by Gasteiger charge is -1.97. The van der Waals surface area contributed by atoms with Crippen LogP contribution in [0.2, 0.25) is 0 Å². The van der Waals surface area contributed by atoms with Gasteiger partial charge < -0.3 is 9.52 Å². The molecule has 72 valence electrons. The van der Waals surface area contributed by atoms with Crippen LogP contribution in [0.1, 0.15) is 5.69 Å². The van der Waals surface area contributed by atoms with Crippen molar-refractivity contribution < 1.29 is 9.52 Å². The Labute approximate surface area is 79.8 Å². The molecule has 0 saturated carbocycles. The highest BCUT2D eigenvalue weighted by molar-refractivity contribution is 5.60. The number of phenolic OH excluding ortho intramolecular Hbond substituents is 1. The molecule has 0 aliphatic carbocycles. The minimum atomic E-state index is -0.467. The quantitative estimate of drug-likeness (QED) is 0.720. The summed E-state index contributed by atoms with van der Waals surface area (Å²) in [4.78, 5) is 13.4. The lowest BCUT2D eigenvalue weighted by molar-refractivity contribution is 0.475. The summed E-state index contributed by atoms with van der Waals surface area (Å²) in [5, 5.41) is 9.08. The first-order valence-electron chi connectivity index (χ1n) is 4.16. The van der Waals surface area contributed by atoms with Crippen LogP contribution < -0.4 is 5.76 Å². The predicted octanol–water partition coefficient (Wildman–Crippen LogP) is 1.65. The zero-order chi connectivity index (χ0) is 10.1. The molecule has 1 heterocycles. The van der Waals surface area contributed by atoms with E-state index in [9.17, 15) is 4.79 Å². The van der Waals surface area contributed by atoms with Gasteiger partial charge in [0.1, 0.15) is 5.75 Å². The molecule has 2 aromatic rings. The molecule has 1 aromatic carbocycles. The van der Waals surface area contributed by atoms with E-state index in [4.69, 9.17) is 9.52 Å². The summed E-state index contributed by atoms with van der Waals surface area (Å²) >= 11 is 0. The van der Waals surface area contributed by atoms with E-state index < -0.39 is 5.76 Å². The van der Waals surface area contributed by atoms with Gasteiger partial charge in [0.25, 0.3) is 0 Å².